The van der Waals surface area contributed by atoms with Gasteiger partial charge in [0, 0.05) is 5.02 Å². The highest BCUT2D eigenvalue weighted by Gasteiger charge is 2.14. The van der Waals surface area contributed by atoms with Crippen LogP contribution in [-0.2, 0) is 17.6 Å². The lowest BCUT2D eigenvalue weighted by Gasteiger charge is -2.20. The zero-order valence-corrected chi connectivity index (χ0v) is 16.5. The van der Waals surface area contributed by atoms with Crippen molar-refractivity contribution in [2.75, 3.05) is 6.61 Å². The Morgan fingerprint density at radius 3 is 2.72 bits per heavy atom. The average Bonchev–Trinajstić information content (AvgIpc) is 2.60. The van der Waals surface area contributed by atoms with Crippen LogP contribution in [0.1, 0.15) is 42.5 Å². The molecule has 5 heteroatoms. The van der Waals surface area contributed by atoms with Crippen molar-refractivity contribution in [1.29, 1.82) is 0 Å². The summed E-state index contributed by atoms with van der Waals surface area (Å²) < 4.78 is 6.30. The van der Waals surface area contributed by atoms with E-state index in [0.717, 1.165) is 16.5 Å². The number of carbonyl (C=O) groups is 1. The van der Waals surface area contributed by atoms with E-state index in [2.05, 4.69) is 39.4 Å². The van der Waals surface area contributed by atoms with Gasteiger partial charge < -0.3 is 10.1 Å². The van der Waals surface area contributed by atoms with Gasteiger partial charge in [-0.2, -0.15) is 0 Å². The minimum absolute atomic E-state index is 0.0322. The first-order chi connectivity index (χ1) is 12.0. The summed E-state index contributed by atoms with van der Waals surface area (Å²) in [6, 6.07) is 11.7. The molecule has 1 aliphatic carbocycles. The van der Waals surface area contributed by atoms with Crippen molar-refractivity contribution in [2.24, 2.45) is 0 Å². The van der Waals surface area contributed by atoms with Gasteiger partial charge in [-0.25, -0.2) is 0 Å². The van der Waals surface area contributed by atoms with E-state index in [1.54, 1.807) is 18.2 Å². The maximum Gasteiger partial charge on any atom is 0.258 e. The molecule has 0 bridgehead atoms. The molecule has 0 heterocycles. The summed E-state index contributed by atoms with van der Waals surface area (Å²) in [5, 5.41) is 3.61. The molecular formula is C20H21BrClNO2. The minimum atomic E-state index is -0.146. The number of aryl methyl sites for hydroxylation is 2. The van der Waals surface area contributed by atoms with E-state index in [9.17, 15) is 4.79 Å². The van der Waals surface area contributed by atoms with Crippen LogP contribution in [0.5, 0.6) is 5.75 Å². The minimum Gasteiger partial charge on any atom is -0.483 e. The zero-order valence-electron chi connectivity index (χ0n) is 14.1. The first-order valence-corrected chi connectivity index (χ1v) is 9.69. The van der Waals surface area contributed by atoms with E-state index in [1.807, 2.05) is 6.92 Å². The van der Waals surface area contributed by atoms with Crippen molar-refractivity contribution in [3.05, 3.63) is 62.6 Å². The number of ether oxygens (including phenoxy) is 1. The van der Waals surface area contributed by atoms with Crippen molar-refractivity contribution in [3.63, 3.8) is 0 Å². The summed E-state index contributed by atoms with van der Waals surface area (Å²) in [7, 11) is 0. The Hall–Kier alpha value is -1.52. The normalized spacial score (nSPS) is 14.5. The van der Waals surface area contributed by atoms with E-state index in [1.165, 1.54) is 30.4 Å². The van der Waals surface area contributed by atoms with Gasteiger partial charge >= 0.3 is 0 Å². The molecule has 0 fully saturated rings. The molecule has 2 aromatic rings. The fourth-order valence-electron chi connectivity index (χ4n) is 3.12. The number of amides is 1. The highest BCUT2D eigenvalue weighted by Crippen LogP contribution is 2.28. The lowest BCUT2D eigenvalue weighted by molar-refractivity contribution is -0.123. The van der Waals surface area contributed by atoms with Gasteiger partial charge in [-0.15, -0.1) is 0 Å². The lowest BCUT2D eigenvalue weighted by atomic mass is 9.89. The highest BCUT2D eigenvalue weighted by molar-refractivity contribution is 9.10. The number of fused-ring (bicyclic) bond motifs is 1. The van der Waals surface area contributed by atoms with E-state index in [4.69, 9.17) is 16.3 Å². The molecule has 0 unspecified atom stereocenters. The summed E-state index contributed by atoms with van der Waals surface area (Å²) in [5.41, 5.74) is 4.01. The molecule has 0 spiro atoms. The van der Waals surface area contributed by atoms with Crippen molar-refractivity contribution >= 4 is 33.4 Å². The molecule has 1 amide bonds. The van der Waals surface area contributed by atoms with Crippen LogP contribution in [-0.4, -0.2) is 12.5 Å². The van der Waals surface area contributed by atoms with Crippen LogP contribution < -0.4 is 10.1 Å². The standard InChI is InChI=1S/C20H21BrClNO2/c1-13(15-7-6-14-4-2-3-5-16(14)10-15)23-20(24)12-25-19-9-8-17(22)11-18(19)21/h6-11,13H,2-5,12H2,1H3,(H,23,24)/t13-/m0/s1. The Kier molecular flexibility index (Phi) is 6.02. The molecule has 0 aromatic heterocycles. The van der Waals surface area contributed by atoms with E-state index in [0.29, 0.717) is 10.8 Å². The third-order valence-corrected chi connectivity index (χ3v) is 5.36. The first-order valence-electron chi connectivity index (χ1n) is 8.52. The second-order valence-corrected chi connectivity index (χ2v) is 7.68. The second kappa shape index (κ2) is 8.24. The van der Waals surface area contributed by atoms with Crippen LogP contribution in [0, 0.1) is 0 Å². The number of nitrogens with one attached hydrogen (secondary N) is 1. The molecule has 3 nitrogen and oxygen atoms in total. The van der Waals surface area contributed by atoms with Gasteiger partial charge in [0.2, 0.25) is 0 Å². The van der Waals surface area contributed by atoms with Gasteiger partial charge in [-0.3, -0.25) is 4.79 Å². The van der Waals surface area contributed by atoms with E-state index >= 15 is 0 Å². The largest absolute Gasteiger partial charge is 0.483 e. The van der Waals surface area contributed by atoms with Crippen molar-refractivity contribution in [2.45, 2.75) is 38.6 Å². The summed E-state index contributed by atoms with van der Waals surface area (Å²) in [5.74, 6) is 0.452. The molecule has 1 atom stereocenters. The fraction of sp³-hybridized carbons (Fsp3) is 0.350. The molecule has 1 N–H and O–H groups in total. The Labute approximate surface area is 161 Å². The summed E-state index contributed by atoms with van der Waals surface area (Å²) >= 11 is 9.28. The Morgan fingerprint density at radius 1 is 1.20 bits per heavy atom. The van der Waals surface area contributed by atoms with Crippen molar-refractivity contribution in [3.8, 4) is 5.75 Å². The number of hydrogen-bond donors (Lipinski definition) is 1. The van der Waals surface area contributed by atoms with Gasteiger partial charge in [0.25, 0.3) is 5.91 Å². The molecule has 0 radical (unpaired) electrons. The topological polar surface area (TPSA) is 38.3 Å². The van der Waals surface area contributed by atoms with Gasteiger partial charge in [-0.05, 0) is 83.4 Å². The third-order valence-electron chi connectivity index (χ3n) is 4.50. The predicted molar refractivity (Wildman–Crippen MR) is 104 cm³/mol. The molecule has 0 aliphatic heterocycles. The number of carbonyl (C=O) groups excluding carboxylic acids is 1. The van der Waals surface area contributed by atoms with Gasteiger partial charge in [-0.1, -0.05) is 29.8 Å². The van der Waals surface area contributed by atoms with Gasteiger partial charge in [0.15, 0.2) is 6.61 Å². The maximum atomic E-state index is 12.2. The molecule has 2 aromatic carbocycles. The van der Waals surface area contributed by atoms with Crippen LogP contribution in [0.15, 0.2) is 40.9 Å². The molecule has 1 aliphatic rings. The molecule has 25 heavy (non-hydrogen) atoms. The fourth-order valence-corrected chi connectivity index (χ4v) is 3.92. The zero-order chi connectivity index (χ0) is 17.8. The van der Waals surface area contributed by atoms with Gasteiger partial charge in [0.05, 0.1) is 10.5 Å². The lowest BCUT2D eigenvalue weighted by Crippen LogP contribution is -2.31. The van der Waals surface area contributed by atoms with Crippen LogP contribution in [0.4, 0.5) is 0 Å². The molecular weight excluding hydrogens is 402 g/mol. The second-order valence-electron chi connectivity index (χ2n) is 6.39. The van der Waals surface area contributed by atoms with Crippen LogP contribution >= 0.6 is 27.5 Å². The molecule has 0 saturated carbocycles. The summed E-state index contributed by atoms with van der Waals surface area (Å²) in [4.78, 5) is 12.2. The van der Waals surface area contributed by atoms with E-state index < -0.39 is 0 Å². The monoisotopic (exact) mass is 421 g/mol. The van der Waals surface area contributed by atoms with Crippen LogP contribution in [0.3, 0.4) is 0 Å². The smallest absolute Gasteiger partial charge is 0.258 e. The Balaban J connectivity index is 1.57. The van der Waals surface area contributed by atoms with Gasteiger partial charge in [0.1, 0.15) is 5.75 Å². The van der Waals surface area contributed by atoms with Crippen molar-refractivity contribution in [1.82, 2.24) is 5.32 Å². The number of benzene rings is 2. The Bertz CT molecular complexity index is 778. The molecule has 3 rings (SSSR count). The van der Waals surface area contributed by atoms with Crippen LogP contribution in [0.25, 0.3) is 0 Å². The number of halogens is 2. The molecule has 132 valence electrons. The average molecular weight is 423 g/mol. The predicted octanol–water partition coefficient (Wildman–Crippen LogP) is 5.24. The SMILES string of the molecule is C[C@H](NC(=O)COc1ccc(Cl)cc1Br)c1ccc2c(c1)CCCC2. The first kappa shape index (κ1) is 18.3. The third kappa shape index (κ3) is 4.77. The summed E-state index contributed by atoms with van der Waals surface area (Å²) in [6.07, 6.45) is 4.83. The Morgan fingerprint density at radius 2 is 1.96 bits per heavy atom. The van der Waals surface area contributed by atoms with Crippen molar-refractivity contribution < 1.29 is 9.53 Å². The summed E-state index contributed by atoms with van der Waals surface area (Å²) in [6.45, 7) is 1.97. The highest BCUT2D eigenvalue weighted by atomic mass is 79.9. The number of hydrogen-bond acceptors (Lipinski definition) is 2. The van der Waals surface area contributed by atoms with E-state index in [-0.39, 0.29) is 18.6 Å². The van der Waals surface area contributed by atoms with Crippen LogP contribution in [0.2, 0.25) is 5.02 Å². The number of rotatable bonds is 5. The quantitative estimate of drug-likeness (QED) is 0.716. The molecule has 0 saturated heterocycles. The maximum absolute atomic E-state index is 12.2.